The first-order valence-electron chi connectivity index (χ1n) is 5.14. The number of aromatic nitrogens is 4. The number of nitrogens with zero attached hydrogens (tertiary/aromatic N) is 4. The maximum absolute atomic E-state index is 8.75. The quantitative estimate of drug-likeness (QED) is 0.758. The predicted octanol–water partition coefficient (Wildman–Crippen LogP) is 0.221. The summed E-state index contributed by atoms with van der Waals surface area (Å²) in [6.07, 6.45) is 3.73. The molecule has 0 atom stereocenters. The van der Waals surface area contributed by atoms with Gasteiger partial charge in [-0.3, -0.25) is 9.36 Å². The first kappa shape index (κ1) is 10.7. The van der Waals surface area contributed by atoms with E-state index in [0.717, 1.165) is 11.5 Å². The van der Waals surface area contributed by atoms with Crippen LogP contribution >= 0.6 is 0 Å². The molecule has 2 rings (SSSR count). The first-order chi connectivity index (χ1) is 7.78. The van der Waals surface area contributed by atoms with Crippen LogP contribution in [0, 0.1) is 0 Å². The molecule has 0 aromatic carbocycles. The van der Waals surface area contributed by atoms with Gasteiger partial charge in [0.1, 0.15) is 5.82 Å². The third kappa shape index (κ3) is 2.60. The Morgan fingerprint density at radius 3 is 2.88 bits per heavy atom. The molecule has 6 heteroatoms. The number of anilines is 1. The van der Waals surface area contributed by atoms with Gasteiger partial charge in [-0.2, -0.15) is 10.2 Å². The molecule has 0 bridgehead atoms. The summed E-state index contributed by atoms with van der Waals surface area (Å²) >= 11 is 0. The summed E-state index contributed by atoms with van der Waals surface area (Å²) in [6, 6.07) is 3.83. The molecule has 0 radical (unpaired) electrons. The molecule has 0 saturated heterocycles. The Morgan fingerprint density at radius 1 is 1.31 bits per heavy atom. The number of rotatable bonds is 5. The summed E-state index contributed by atoms with van der Waals surface area (Å²) in [7, 11) is 1.89. The van der Waals surface area contributed by atoms with E-state index in [1.807, 2.05) is 31.6 Å². The van der Waals surface area contributed by atoms with E-state index in [4.69, 9.17) is 5.11 Å². The lowest BCUT2D eigenvalue weighted by molar-refractivity contribution is 0.269. The third-order valence-electron chi connectivity index (χ3n) is 2.19. The second kappa shape index (κ2) is 4.80. The molecule has 2 aromatic heterocycles. The summed E-state index contributed by atoms with van der Waals surface area (Å²) in [4.78, 5) is 0. The zero-order valence-corrected chi connectivity index (χ0v) is 9.17. The van der Waals surface area contributed by atoms with E-state index < -0.39 is 0 Å². The normalized spacial score (nSPS) is 10.6. The molecule has 0 saturated carbocycles. The molecule has 0 amide bonds. The van der Waals surface area contributed by atoms with Crippen molar-refractivity contribution in [2.24, 2.45) is 7.05 Å². The van der Waals surface area contributed by atoms with Crippen molar-refractivity contribution < 1.29 is 5.11 Å². The summed E-state index contributed by atoms with van der Waals surface area (Å²) in [5.41, 5.74) is 0.971. The Labute approximate surface area is 93.5 Å². The maximum Gasteiger partial charge on any atom is 0.148 e. The molecule has 2 aromatic rings. The number of nitrogens with one attached hydrogen (secondary N) is 1. The SMILES string of the molecule is Cn1ccc(CNc2ccn(CCO)n2)n1. The van der Waals surface area contributed by atoms with E-state index in [1.54, 1.807) is 9.36 Å². The van der Waals surface area contributed by atoms with E-state index in [2.05, 4.69) is 15.5 Å². The minimum Gasteiger partial charge on any atom is -0.394 e. The van der Waals surface area contributed by atoms with Gasteiger partial charge in [0.2, 0.25) is 0 Å². The van der Waals surface area contributed by atoms with Crippen LogP contribution in [-0.2, 0) is 20.1 Å². The van der Waals surface area contributed by atoms with Crippen molar-refractivity contribution in [2.75, 3.05) is 11.9 Å². The Morgan fingerprint density at radius 2 is 2.19 bits per heavy atom. The van der Waals surface area contributed by atoms with Crippen molar-refractivity contribution in [3.8, 4) is 0 Å². The van der Waals surface area contributed by atoms with Crippen LogP contribution in [0.25, 0.3) is 0 Å². The number of aryl methyl sites for hydroxylation is 1. The summed E-state index contributed by atoms with van der Waals surface area (Å²) in [5, 5.41) is 20.4. The Kier molecular flexibility index (Phi) is 3.21. The highest BCUT2D eigenvalue weighted by Crippen LogP contribution is 2.04. The summed E-state index contributed by atoms with van der Waals surface area (Å²) in [6.45, 7) is 1.27. The molecular formula is C10H15N5O. The second-order valence-electron chi connectivity index (χ2n) is 3.52. The lowest BCUT2D eigenvalue weighted by Crippen LogP contribution is -2.05. The predicted molar refractivity (Wildman–Crippen MR) is 59.8 cm³/mol. The number of aliphatic hydroxyl groups is 1. The van der Waals surface area contributed by atoms with Gasteiger partial charge in [-0.25, -0.2) is 0 Å². The van der Waals surface area contributed by atoms with Crippen LogP contribution in [-0.4, -0.2) is 31.3 Å². The van der Waals surface area contributed by atoms with Crippen LogP contribution in [0.15, 0.2) is 24.5 Å². The largest absolute Gasteiger partial charge is 0.394 e. The van der Waals surface area contributed by atoms with Gasteiger partial charge in [-0.15, -0.1) is 0 Å². The fourth-order valence-electron chi connectivity index (χ4n) is 1.42. The van der Waals surface area contributed by atoms with Crippen molar-refractivity contribution >= 4 is 5.82 Å². The van der Waals surface area contributed by atoms with Gasteiger partial charge in [0.25, 0.3) is 0 Å². The van der Waals surface area contributed by atoms with Crippen molar-refractivity contribution in [2.45, 2.75) is 13.1 Å². The van der Waals surface area contributed by atoms with Crippen molar-refractivity contribution in [3.05, 3.63) is 30.2 Å². The zero-order valence-electron chi connectivity index (χ0n) is 9.17. The van der Waals surface area contributed by atoms with E-state index in [-0.39, 0.29) is 6.61 Å². The van der Waals surface area contributed by atoms with Crippen molar-refractivity contribution in [1.29, 1.82) is 0 Å². The smallest absolute Gasteiger partial charge is 0.148 e. The summed E-state index contributed by atoms with van der Waals surface area (Å²) in [5.74, 6) is 0.791. The minimum atomic E-state index is 0.0986. The second-order valence-corrected chi connectivity index (χ2v) is 3.52. The summed E-state index contributed by atoms with van der Waals surface area (Å²) < 4.78 is 3.46. The molecule has 0 fully saturated rings. The number of aliphatic hydroxyl groups excluding tert-OH is 1. The lowest BCUT2D eigenvalue weighted by Gasteiger charge is -2.00. The fraction of sp³-hybridized carbons (Fsp3) is 0.400. The lowest BCUT2D eigenvalue weighted by atomic mass is 10.4. The Bertz CT molecular complexity index is 448. The molecule has 6 nitrogen and oxygen atoms in total. The fourth-order valence-corrected chi connectivity index (χ4v) is 1.42. The van der Waals surface area contributed by atoms with E-state index in [1.165, 1.54) is 0 Å². The van der Waals surface area contributed by atoms with Crippen LogP contribution in [0.1, 0.15) is 5.69 Å². The molecule has 0 aliphatic rings. The van der Waals surface area contributed by atoms with Crippen LogP contribution in [0.5, 0.6) is 0 Å². The standard InChI is InChI=1S/C10H15N5O/c1-14-4-2-9(12-14)8-11-10-3-5-15(13-10)6-7-16/h2-5,16H,6-8H2,1H3,(H,11,13). The molecule has 2 N–H and O–H groups in total. The average molecular weight is 221 g/mol. The van der Waals surface area contributed by atoms with Crippen molar-refractivity contribution in [3.63, 3.8) is 0 Å². The van der Waals surface area contributed by atoms with Crippen LogP contribution < -0.4 is 5.32 Å². The monoisotopic (exact) mass is 221 g/mol. The molecule has 0 aliphatic carbocycles. The molecule has 0 aliphatic heterocycles. The van der Waals surface area contributed by atoms with Crippen LogP contribution in [0.2, 0.25) is 0 Å². The minimum absolute atomic E-state index is 0.0986. The van der Waals surface area contributed by atoms with Gasteiger partial charge in [-0.1, -0.05) is 0 Å². The molecular weight excluding hydrogens is 206 g/mol. The van der Waals surface area contributed by atoms with Gasteiger partial charge in [-0.05, 0) is 6.07 Å². The highest BCUT2D eigenvalue weighted by Gasteiger charge is 2.00. The number of hydrogen-bond donors (Lipinski definition) is 2. The molecule has 0 unspecified atom stereocenters. The van der Waals surface area contributed by atoms with Crippen LogP contribution in [0.3, 0.4) is 0 Å². The highest BCUT2D eigenvalue weighted by atomic mass is 16.3. The average Bonchev–Trinajstić information content (AvgIpc) is 2.85. The molecule has 86 valence electrons. The molecule has 2 heterocycles. The van der Waals surface area contributed by atoms with Crippen molar-refractivity contribution in [1.82, 2.24) is 19.6 Å². The van der Waals surface area contributed by atoms with Crippen LogP contribution in [0.4, 0.5) is 5.82 Å². The molecule has 16 heavy (non-hydrogen) atoms. The third-order valence-corrected chi connectivity index (χ3v) is 2.19. The molecule has 0 spiro atoms. The Balaban J connectivity index is 1.89. The zero-order chi connectivity index (χ0) is 11.4. The van der Waals surface area contributed by atoms with E-state index in [0.29, 0.717) is 13.1 Å². The van der Waals surface area contributed by atoms with Gasteiger partial charge in [0.05, 0.1) is 25.4 Å². The maximum atomic E-state index is 8.75. The van der Waals surface area contributed by atoms with Gasteiger partial charge < -0.3 is 10.4 Å². The van der Waals surface area contributed by atoms with E-state index >= 15 is 0 Å². The van der Waals surface area contributed by atoms with Gasteiger partial charge in [0.15, 0.2) is 0 Å². The topological polar surface area (TPSA) is 67.9 Å². The highest BCUT2D eigenvalue weighted by molar-refractivity contribution is 5.32. The van der Waals surface area contributed by atoms with Gasteiger partial charge >= 0.3 is 0 Å². The van der Waals surface area contributed by atoms with Gasteiger partial charge in [0, 0.05) is 25.5 Å². The van der Waals surface area contributed by atoms with E-state index in [9.17, 15) is 0 Å². The Hall–Kier alpha value is -1.82. The first-order valence-corrected chi connectivity index (χ1v) is 5.14. The number of hydrogen-bond acceptors (Lipinski definition) is 4.